The normalized spacial score (nSPS) is 23.1. The molecule has 9 heteroatoms. The van der Waals surface area contributed by atoms with Gasteiger partial charge >= 0.3 is 0 Å². The van der Waals surface area contributed by atoms with Gasteiger partial charge in [0.2, 0.25) is 17.7 Å². The number of hydrogen-bond acceptors (Lipinski definition) is 5. The van der Waals surface area contributed by atoms with Gasteiger partial charge in [0.15, 0.2) is 0 Å². The van der Waals surface area contributed by atoms with Crippen LogP contribution in [0.25, 0.3) is 0 Å². The standard InChI is InChI=1S/C30H46N4O5/c1-21(2)19-25-30(38)34(3)17-11-4-5-12-18-39-26-16-10-9-15-23(26)28(36)33-24(20-27(35)32-25)29(37)31-22-13-7-6-8-14-22/h9-10,15-16,21-22,24-25H,4-8,11-14,17-20H2,1-3H3,(H,31,37)(H,32,35)(H,33,36)/t24-,25-/m0/s1. The molecule has 216 valence electrons. The number of benzene rings is 1. The number of ether oxygens (including phenoxy) is 1. The van der Waals surface area contributed by atoms with Crippen LogP contribution in [0.1, 0.15) is 94.8 Å². The lowest BCUT2D eigenvalue weighted by atomic mass is 9.95. The first kappa shape index (κ1) is 30.4. The van der Waals surface area contributed by atoms with Gasteiger partial charge in [-0.2, -0.15) is 0 Å². The predicted molar refractivity (Wildman–Crippen MR) is 150 cm³/mol. The maximum Gasteiger partial charge on any atom is 0.255 e. The zero-order chi connectivity index (χ0) is 28.2. The van der Waals surface area contributed by atoms with Crippen LogP contribution in [0.5, 0.6) is 5.75 Å². The van der Waals surface area contributed by atoms with Crippen molar-refractivity contribution in [1.29, 1.82) is 0 Å². The summed E-state index contributed by atoms with van der Waals surface area (Å²) in [4.78, 5) is 54.9. The van der Waals surface area contributed by atoms with Crippen molar-refractivity contribution in [3.8, 4) is 5.75 Å². The molecular formula is C30H46N4O5. The van der Waals surface area contributed by atoms with Crippen LogP contribution in [-0.2, 0) is 14.4 Å². The summed E-state index contributed by atoms with van der Waals surface area (Å²) in [7, 11) is 1.76. The van der Waals surface area contributed by atoms with Crippen LogP contribution >= 0.6 is 0 Å². The highest BCUT2D eigenvalue weighted by molar-refractivity contribution is 6.01. The minimum atomic E-state index is -1.08. The van der Waals surface area contributed by atoms with E-state index in [1.165, 1.54) is 0 Å². The number of carbonyl (C=O) groups is 4. The van der Waals surface area contributed by atoms with E-state index in [4.69, 9.17) is 4.74 Å². The molecule has 39 heavy (non-hydrogen) atoms. The van der Waals surface area contributed by atoms with Gasteiger partial charge in [-0.3, -0.25) is 19.2 Å². The maximum absolute atomic E-state index is 13.4. The van der Waals surface area contributed by atoms with Gasteiger partial charge in [0, 0.05) is 19.6 Å². The van der Waals surface area contributed by atoms with Crippen molar-refractivity contribution in [3.05, 3.63) is 29.8 Å². The van der Waals surface area contributed by atoms with Gasteiger partial charge in [-0.05, 0) is 50.2 Å². The van der Waals surface area contributed by atoms with Gasteiger partial charge in [0.25, 0.3) is 5.91 Å². The number of nitrogens with zero attached hydrogens (tertiary/aromatic N) is 1. The Balaban J connectivity index is 1.84. The molecule has 1 aliphatic heterocycles. The number of para-hydroxylation sites is 1. The molecule has 0 saturated heterocycles. The minimum Gasteiger partial charge on any atom is -0.493 e. The summed E-state index contributed by atoms with van der Waals surface area (Å²) < 4.78 is 5.93. The highest BCUT2D eigenvalue weighted by Gasteiger charge is 2.30. The summed E-state index contributed by atoms with van der Waals surface area (Å²) in [6, 6.07) is 5.21. The first-order valence-electron chi connectivity index (χ1n) is 14.6. The van der Waals surface area contributed by atoms with E-state index in [1.807, 2.05) is 13.8 Å². The number of carbonyl (C=O) groups excluding carboxylic acids is 4. The third-order valence-corrected chi connectivity index (χ3v) is 7.46. The molecule has 2 atom stereocenters. The Morgan fingerprint density at radius 2 is 1.69 bits per heavy atom. The van der Waals surface area contributed by atoms with Gasteiger partial charge in [0.1, 0.15) is 17.8 Å². The largest absolute Gasteiger partial charge is 0.493 e. The molecule has 1 aromatic carbocycles. The van der Waals surface area contributed by atoms with Crippen molar-refractivity contribution in [1.82, 2.24) is 20.9 Å². The van der Waals surface area contributed by atoms with Crippen molar-refractivity contribution in [3.63, 3.8) is 0 Å². The van der Waals surface area contributed by atoms with E-state index in [1.54, 1.807) is 36.2 Å². The third kappa shape index (κ3) is 9.86. The van der Waals surface area contributed by atoms with E-state index < -0.39 is 23.9 Å². The topological polar surface area (TPSA) is 117 Å². The van der Waals surface area contributed by atoms with Gasteiger partial charge < -0.3 is 25.6 Å². The molecule has 1 fully saturated rings. The maximum atomic E-state index is 13.4. The first-order valence-corrected chi connectivity index (χ1v) is 14.6. The summed E-state index contributed by atoms with van der Waals surface area (Å²) in [6.45, 7) is 5.08. The van der Waals surface area contributed by atoms with Crippen LogP contribution in [0.15, 0.2) is 24.3 Å². The Hall–Kier alpha value is -3.10. The summed E-state index contributed by atoms with van der Waals surface area (Å²) in [6.07, 6.45) is 8.78. The molecular weight excluding hydrogens is 496 g/mol. The number of fused-ring (bicyclic) bond motifs is 1. The molecule has 9 nitrogen and oxygen atoms in total. The number of nitrogens with one attached hydrogen (secondary N) is 3. The molecule has 3 N–H and O–H groups in total. The highest BCUT2D eigenvalue weighted by Crippen LogP contribution is 2.20. The lowest BCUT2D eigenvalue weighted by Crippen LogP contribution is -2.54. The minimum absolute atomic E-state index is 0.0267. The summed E-state index contributed by atoms with van der Waals surface area (Å²) in [5.74, 6) is -0.804. The monoisotopic (exact) mass is 542 g/mol. The second-order valence-electron chi connectivity index (χ2n) is 11.3. The fourth-order valence-electron chi connectivity index (χ4n) is 5.27. The van der Waals surface area contributed by atoms with E-state index in [2.05, 4.69) is 16.0 Å². The Morgan fingerprint density at radius 1 is 1.00 bits per heavy atom. The molecule has 3 rings (SSSR count). The molecule has 2 aliphatic rings. The van der Waals surface area contributed by atoms with Crippen LogP contribution in [0, 0.1) is 5.92 Å². The average molecular weight is 543 g/mol. The fourth-order valence-corrected chi connectivity index (χ4v) is 5.27. The smallest absolute Gasteiger partial charge is 0.255 e. The second kappa shape index (κ2) is 15.5. The zero-order valence-corrected chi connectivity index (χ0v) is 23.8. The predicted octanol–water partition coefficient (Wildman–Crippen LogP) is 3.57. The molecule has 1 aromatic rings. The highest BCUT2D eigenvalue weighted by atomic mass is 16.5. The van der Waals surface area contributed by atoms with E-state index in [-0.39, 0.29) is 30.2 Å². The van der Waals surface area contributed by atoms with Gasteiger partial charge in [0.05, 0.1) is 18.6 Å². The molecule has 4 amide bonds. The Morgan fingerprint density at radius 3 is 2.44 bits per heavy atom. The molecule has 0 spiro atoms. The van der Waals surface area contributed by atoms with Crippen molar-refractivity contribution in [2.45, 2.75) is 103 Å². The summed E-state index contributed by atoms with van der Waals surface area (Å²) in [5.41, 5.74) is 0.323. The fraction of sp³-hybridized carbons (Fsp3) is 0.667. The molecule has 1 aliphatic carbocycles. The van der Waals surface area contributed by atoms with Crippen molar-refractivity contribution >= 4 is 23.6 Å². The third-order valence-electron chi connectivity index (χ3n) is 7.46. The van der Waals surface area contributed by atoms with Crippen LogP contribution in [-0.4, -0.2) is 66.9 Å². The molecule has 0 bridgehead atoms. The molecule has 1 saturated carbocycles. The molecule has 0 unspecified atom stereocenters. The van der Waals surface area contributed by atoms with Crippen LogP contribution in [0.3, 0.4) is 0 Å². The number of amides is 4. The van der Waals surface area contributed by atoms with Gasteiger partial charge in [-0.1, -0.05) is 58.1 Å². The van der Waals surface area contributed by atoms with Gasteiger partial charge in [-0.25, -0.2) is 0 Å². The van der Waals surface area contributed by atoms with Crippen molar-refractivity contribution in [2.75, 3.05) is 20.2 Å². The number of rotatable bonds is 4. The number of hydrogen-bond donors (Lipinski definition) is 3. The van der Waals surface area contributed by atoms with Crippen LogP contribution in [0.4, 0.5) is 0 Å². The lowest BCUT2D eigenvalue weighted by Gasteiger charge is -2.28. The quantitative estimate of drug-likeness (QED) is 0.538. The lowest BCUT2D eigenvalue weighted by molar-refractivity contribution is -0.136. The SMILES string of the molecule is CC(C)C[C@@H]1NC(=O)C[C@@H](C(=O)NC2CCCCC2)NC(=O)c2ccccc2OCCCCCCN(C)C1=O. The van der Waals surface area contributed by atoms with E-state index in [9.17, 15) is 19.2 Å². The molecule has 0 aromatic heterocycles. The Kier molecular flexibility index (Phi) is 12.1. The van der Waals surface area contributed by atoms with E-state index >= 15 is 0 Å². The van der Waals surface area contributed by atoms with Crippen molar-refractivity contribution in [2.24, 2.45) is 5.92 Å². The average Bonchev–Trinajstić information content (AvgIpc) is 2.91. The molecule has 1 heterocycles. The second-order valence-corrected chi connectivity index (χ2v) is 11.3. The van der Waals surface area contributed by atoms with Crippen LogP contribution in [0.2, 0.25) is 0 Å². The van der Waals surface area contributed by atoms with Gasteiger partial charge in [-0.15, -0.1) is 0 Å². The zero-order valence-electron chi connectivity index (χ0n) is 23.8. The summed E-state index contributed by atoms with van der Waals surface area (Å²) >= 11 is 0. The Bertz CT molecular complexity index is 976. The first-order chi connectivity index (χ1) is 18.7. The Labute approximate surface area is 232 Å². The molecule has 0 radical (unpaired) electrons. The number of likely N-dealkylation sites (N-methyl/N-ethyl adjacent to an activating group) is 1. The summed E-state index contributed by atoms with van der Waals surface area (Å²) in [5, 5.41) is 8.70. The van der Waals surface area contributed by atoms with E-state index in [0.717, 1.165) is 57.8 Å². The van der Waals surface area contributed by atoms with E-state index in [0.29, 0.717) is 30.9 Å². The van der Waals surface area contributed by atoms with Crippen molar-refractivity contribution < 1.29 is 23.9 Å². The van der Waals surface area contributed by atoms with Crippen LogP contribution < -0.4 is 20.7 Å².